The van der Waals surface area contributed by atoms with Crippen LogP contribution in [0.1, 0.15) is 31.7 Å². The lowest BCUT2D eigenvalue weighted by molar-refractivity contribution is 0.0697. The number of fused-ring (bicyclic) bond motifs is 2. The SMILES string of the molecule is O=C(c1ccc2c(c1)OCCO2)N1CCc2sccc2[C@@H]1c1cccs1. The van der Waals surface area contributed by atoms with Gasteiger partial charge in [-0.3, -0.25) is 4.79 Å². The lowest BCUT2D eigenvalue weighted by atomic mass is 9.97. The molecule has 0 bridgehead atoms. The molecule has 26 heavy (non-hydrogen) atoms. The number of carbonyl (C=O) groups excluding carboxylic acids is 1. The molecule has 0 spiro atoms. The van der Waals surface area contributed by atoms with Crippen molar-refractivity contribution in [1.29, 1.82) is 0 Å². The summed E-state index contributed by atoms with van der Waals surface area (Å²) in [6.07, 6.45) is 0.908. The zero-order valence-electron chi connectivity index (χ0n) is 14.0. The van der Waals surface area contributed by atoms with Gasteiger partial charge in [-0.1, -0.05) is 6.07 Å². The molecule has 0 fully saturated rings. The van der Waals surface area contributed by atoms with Gasteiger partial charge in [0.25, 0.3) is 5.91 Å². The Morgan fingerprint density at radius 1 is 1.04 bits per heavy atom. The molecule has 5 rings (SSSR count). The normalized spacial score (nSPS) is 18.5. The number of thiophene rings is 2. The first-order chi connectivity index (χ1) is 12.8. The Morgan fingerprint density at radius 2 is 1.92 bits per heavy atom. The van der Waals surface area contributed by atoms with Gasteiger partial charge in [0, 0.05) is 21.9 Å². The Balaban J connectivity index is 1.53. The summed E-state index contributed by atoms with van der Waals surface area (Å²) in [5.41, 5.74) is 1.91. The van der Waals surface area contributed by atoms with Gasteiger partial charge in [-0.15, -0.1) is 22.7 Å². The van der Waals surface area contributed by atoms with Crippen LogP contribution in [0.4, 0.5) is 0 Å². The quantitative estimate of drug-likeness (QED) is 0.660. The highest BCUT2D eigenvalue weighted by Crippen LogP contribution is 2.40. The second kappa shape index (κ2) is 6.45. The summed E-state index contributed by atoms with van der Waals surface area (Å²) in [6, 6.07) is 11.8. The van der Waals surface area contributed by atoms with E-state index in [0.29, 0.717) is 30.3 Å². The predicted octanol–water partition coefficient (Wildman–Crippen LogP) is 4.37. The highest BCUT2D eigenvalue weighted by atomic mass is 32.1. The fraction of sp³-hybridized carbons (Fsp3) is 0.250. The van der Waals surface area contributed by atoms with Crippen LogP contribution >= 0.6 is 22.7 Å². The van der Waals surface area contributed by atoms with Crippen molar-refractivity contribution in [3.8, 4) is 11.5 Å². The first-order valence-electron chi connectivity index (χ1n) is 8.61. The average molecular weight is 383 g/mol. The highest BCUT2D eigenvalue weighted by molar-refractivity contribution is 7.10. The van der Waals surface area contributed by atoms with Crippen LogP contribution < -0.4 is 9.47 Å². The number of nitrogens with zero attached hydrogens (tertiary/aromatic N) is 1. The summed E-state index contributed by atoms with van der Waals surface area (Å²) < 4.78 is 11.2. The predicted molar refractivity (Wildman–Crippen MR) is 103 cm³/mol. The van der Waals surface area contributed by atoms with Crippen LogP contribution in [0.15, 0.2) is 47.2 Å². The largest absolute Gasteiger partial charge is 0.486 e. The average Bonchev–Trinajstić information content (AvgIpc) is 3.38. The minimum atomic E-state index is -0.00861. The number of amides is 1. The van der Waals surface area contributed by atoms with E-state index in [4.69, 9.17) is 9.47 Å². The number of rotatable bonds is 2. The monoisotopic (exact) mass is 383 g/mol. The third kappa shape index (κ3) is 2.61. The fourth-order valence-electron chi connectivity index (χ4n) is 3.63. The van der Waals surface area contributed by atoms with Crippen LogP contribution in [0.2, 0.25) is 0 Å². The Bertz CT molecular complexity index is 948. The molecule has 0 saturated heterocycles. The molecule has 4 heterocycles. The standard InChI is InChI=1S/C20H17NO3S2/c22-20(13-3-4-15-16(12-13)24-9-8-23-15)21-7-5-17-14(6-11-26-17)19(21)18-2-1-10-25-18/h1-4,6,10-12,19H,5,7-9H2/t19-/m1/s1. The first-order valence-corrected chi connectivity index (χ1v) is 10.4. The van der Waals surface area contributed by atoms with Crippen molar-refractivity contribution in [2.45, 2.75) is 12.5 Å². The van der Waals surface area contributed by atoms with E-state index in [1.54, 1.807) is 22.7 Å². The maximum Gasteiger partial charge on any atom is 0.254 e. The van der Waals surface area contributed by atoms with Gasteiger partial charge in [0.1, 0.15) is 13.2 Å². The molecule has 0 radical (unpaired) electrons. The maximum atomic E-state index is 13.4. The minimum absolute atomic E-state index is 0.00861. The molecule has 2 aromatic heterocycles. The van der Waals surface area contributed by atoms with Crippen molar-refractivity contribution < 1.29 is 14.3 Å². The van der Waals surface area contributed by atoms with Crippen LogP contribution in [0.3, 0.4) is 0 Å². The van der Waals surface area contributed by atoms with Gasteiger partial charge in [0.05, 0.1) is 6.04 Å². The molecule has 0 saturated carbocycles. The molecule has 3 aromatic rings. The molecule has 132 valence electrons. The highest BCUT2D eigenvalue weighted by Gasteiger charge is 2.34. The number of hydrogen-bond donors (Lipinski definition) is 0. The molecular formula is C20H17NO3S2. The van der Waals surface area contributed by atoms with E-state index in [9.17, 15) is 4.79 Å². The Labute approximate surface area is 159 Å². The molecule has 1 atom stereocenters. The molecule has 1 aromatic carbocycles. The van der Waals surface area contributed by atoms with Crippen molar-refractivity contribution in [3.63, 3.8) is 0 Å². The topological polar surface area (TPSA) is 38.8 Å². The third-order valence-electron chi connectivity index (χ3n) is 4.83. The van der Waals surface area contributed by atoms with Crippen LogP contribution in [-0.4, -0.2) is 30.6 Å². The first kappa shape index (κ1) is 15.9. The van der Waals surface area contributed by atoms with Gasteiger partial charge in [-0.2, -0.15) is 0 Å². The van der Waals surface area contributed by atoms with E-state index in [0.717, 1.165) is 13.0 Å². The third-order valence-corrected chi connectivity index (χ3v) is 6.75. The van der Waals surface area contributed by atoms with Gasteiger partial charge in [-0.25, -0.2) is 0 Å². The zero-order valence-corrected chi connectivity index (χ0v) is 15.6. The smallest absolute Gasteiger partial charge is 0.254 e. The number of benzene rings is 1. The van der Waals surface area contributed by atoms with E-state index < -0.39 is 0 Å². The fourth-order valence-corrected chi connectivity index (χ4v) is 5.39. The van der Waals surface area contributed by atoms with Crippen molar-refractivity contribution in [2.75, 3.05) is 19.8 Å². The van der Waals surface area contributed by atoms with Gasteiger partial charge in [0.15, 0.2) is 11.5 Å². The van der Waals surface area contributed by atoms with Gasteiger partial charge in [-0.05, 0) is 53.1 Å². The summed E-state index contributed by atoms with van der Waals surface area (Å²) >= 11 is 3.49. The summed E-state index contributed by atoms with van der Waals surface area (Å²) in [5.74, 6) is 1.40. The van der Waals surface area contributed by atoms with Crippen LogP contribution in [0.5, 0.6) is 11.5 Å². The summed E-state index contributed by atoms with van der Waals surface area (Å²) in [4.78, 5) is 17.9. The van der Waals surface area contributed by atoms with E-state index in [1.807, 2.05) is 29.2 Å². The Hall–Kier alpha value is -2.31. The van der Waals surface area contributed by atoms with Crippen molar-refractivity contribution in [2.24, 2.45) is 0 Å². The van der Waals surface area contributed by atoms with Crippen LogP contribution in [0.25, 0.3) is 0 Å². The Kier molecular flexibility index (Phi) is 3.94. The van der Waals surface area contributed by atoms with E-state index in [2.05, 4.69) is 22.9 Å². The van der Waals surface area contributed by atoms with Crippen LogP contribution in [0, 0.1) is 0 Å². The molecule has 0 N–H and O–H groups in total. The molecule has 2 aliphatic rings. The lowest BCUT2D eigenvalue weighted by Gasteiger charge is -2.35. The second-order valence-electron chi connectivity index (χ2n) is 6.32. The summed E-state index contributed by atoms with van der Waals surface area (Å²) in [6.45, 7) is 1.79. The van der Waals surface area contributed by atoms with E-state index in [1.165, 1.54) is 15.3 Å². The summed E-state index contributed by atoms with van der Waals surface area (Å²) in [5, 5.41) is 4.20. The van der Waals surface area contributed by atoms with Gasteiger partial charge < -0.3 is 14.4 Å². The number of carbonyl (C=O) groups is 1. The molecule has 2 aliphatic heterocycles. The molecule has 1 amide bonds. The Morgan fingerprint density at radius 3 is 2.77 bits per heavy atom. The molecule has 4 nitrogen and oxygen atoms in total. The van der Waals surface area contributed by atoms with E-state index in [-0.39, 0.29) is 11.9 Å². The minimum Gasteiger partial charge on any atom is -0.486 e. The molecular weight excluding hydrogens is 366 g/mol. The second-order valence-corrected chi connectivity index (χ2v) is 8.30. The van der Waals surface area contributed by atoms with Crippen molar-refractivity contribution >= 4 is 28.6 Å². The molecule has 6 heteroatoms. The lowest BCUT2D eigenvalue weighted by Crippen LogP contribution is -2.39. The van der Waals surface area contributed by atoms with Crippen LogP contribution in [-0.2, 0) is 6.42 Å². The van der Waals surface area contributed by atoms with Crippen molar-refractivity contribution in [3.05, 3.63) is 68.0 Å². The van der Waals surface area contributed by atoms with Crippen molar-refractivity contribution in [1.82, 2.24) is 4.90 Å². The summed E-state index contributed by atoms with van der Waals surface area (Å²) in [7, 11) is 0. The number of hydrogen-bond acceptors (Lipinski definition) is 5. The molecule has 0 aliphatic carbocycles. The van der Waals surface area contributed by atoms with Gasteiger partial charge >= 0.3 is 0 Å². The maximum absolute atomic E-state index is 13.4. The van der Waals surface area contributed by atoms with Gasteiger partial charge in [0.2, 0.25) is 0 Å². The van der Waals surface area contributed by atoms with E-state index >= 15 is 0 Å². The number of ether oxygens (including phenoxy) is 2. The molecule has 0 unspecified atom stereocenters. The zero-order chi connectivity index (χ0) is 17.5.